The number of carbonyl (C=O) groups is 2. The number of benzene rings is 2. The van der Waals surface area contributed by atoms with Crippen molar-refractivity contribution in [3.63, 3.8) is 0 Å². The van der Waals surface area contributed by atoms with Crippen molar-refractivity contribution in [3.8, 4) is 5.69 Å². The van der Waals surface area contributed by atoms with Gasteiger partial charge in [0.05, 0.1) is 12.1 Å². The lowest BCUT2D eigenvalue weighted by molar-refractivity contribution is -0.118. The number of amides is 2. The fourth-order valence-corrected chi connectivity index (χ4v) is 3.57. The first kappa shape index (κ1) is 17.0. The van der Waals surface area contributed by atoms with E-state index in [1.54, 1.807) is 27.9 Å². The molecule has 6 heteroatoms. The molecule has 27 heavy (non-hydrogen) atoms. The minimum atomic E-state index is -0.449. The summed E-state index contributed by atoms with van der Waals surface area (Å²) in [4.78, 5) is 26.4. The average molecular weight is 360 g/mol. The first-order valence-corrected chi connectivity index (χ1v) is 8.94. The molecule has 0 unspecified atom stereocenters. The van der Waals surface area contributed by atoms with Crippen molar-refractivity contribution in [1.82, 2.24) is 9.78 Å². The minimum absolute atomic E-state index is 0.0180. The Balaban J connectivity index is 1.55. The largest absolute Gasteiger partial charge is 0.366 e. The Kier molecular flexibility index (Phi) is 4.46. The minimum Gasteiger partial charge on any atom is -0.366 e. The topological polar surface area (TPSA) is 81.2 Å². The molecular formula is C21H20N4O2. The maximum atomic E-state index is 12.9. The molecule has 2 amide bonds. The van der Waals surface area contributed by atoms with Gasteiger partial charge in [0.15, 0.2) is 0 Å². The standard InChI is InChI=1S/C21H20N4O2/c22-21(27)18-4-1-6-19-17(18)5-2-12-24(19)20(26)14-15-7-9-16(10-8-15)25-13-3-11-23-25/h1,3-4,6-11,13H,2,5,12,14H2,(H2,22,27). The fraction of sp³-hybridized carbons (Fsp3) is 0.190. The van der Waals surface area contributed by atoms with Crippen LogP contribution in [-0.4, -0.2) is 28.1 Å². The molecule has 0 spiro atoms. The predicted molar refractivity (Wildman–Crippen MR) is 103 cm³/mol. The third kappa shape index (κ3) is 3.33. The normalized spacial score (nSPS) is 13.3. The summed E-state index contributed by atoms with van der Waals surface area (Å²) >= 11 is 0. The van der Waals surface area contributed by atoms with Crippen LogP contribution in [0.4, 0.5) is 5.69 Å². The van der Waals surface area contributed by atoms with Crippen molar-refractivity contribution < 1.29 is 9.59 Å². The van der Waals surface area contributed by atoms with Gasteiger partial charge in [-0.3, -0.25) is 9.59 Å². The van der Waals surface area contributed by atoms with Crippen LogP contribution in [0.3, 0.4) is 0 Å². The number of primary amides is 1. The zero-order valence-corrected chi connectivity index (χ0v) is 14.8. The zero-order valence-electron chi connectivity index (χ0n) is 14.8. The third-order valence-corrected chi connectivity index (χ3v) is 4.88. The van der Waals surface area contributed by atoms with Gasteiger partial charge >= 0.3 is 0 Å². The lowest BCUT2D eigenvalue weighted by Gasteiger charge is -2.30. The molecule has 0 saturated carbocycles. The van der Waals surface area contributed by atoms with E-state index in [0.717, 1.165) is 35.3 Å². The summed E-state index contributed by atoms with van der Waals surface area (Å²) in [5.41, 5.74) is 9.56. The summed E-state index contributed by atoms with van der Waals surface area (Å²) in [6, 6.07) is 15.0. The van der Waals surface area contributed by atoms with Gasteiger partial charge in [-0.2, -0.15) is 5.10 Å². The van der Waals surface area contributed by atoms with Crippen molar-refractivity contribution >= 4 is 17.5 Å². The number of carbonyl (C=O) groups excluding carboxylic acids is 2. The van der Waals surface area contributed by atoms with Gasteiger partial charge in [0.2, 0.25) is 11.8 Å². The van der Waals surface area contributed by atoms with Crippen LogP contribution < -0.4 is 10.6 Å². The number of hydrogen-bond acceptors (Lipinski definition) is 3. The van der Waals surface area contributed by atoms with Crippen LogP contribution in [0.5, 0.6) is 0 Å². The van der Waals surface area contributed by atoms with Crippen LogP contribution in [0.15, 0.2) is 60.9 Å². The Bertz CT molecular complexity index is 978. The van der Waals surface area contributed by atoms with Gasteiger partial charge in [-0.05, 0) is 54.3 Å². The van der Waals surface area contributed by atoms with E-state index in [4.69, 9.17) is 5.73 Å². The van der Waals surface area contributed by atoms with Crippen molar-refractivity contribution in [2.75, 3.05) is 11.4 Å². The van der Waals surface area contributed by atoms with Crippen molar-refractivity contribution in [2.24, 2.45) is 5.73 Å². The van der Waals surface area contributed by atoms with Crippen LogP contribution in [0.1, 0.15) is 27.9 Å². The molecule has 0 bridgehead atoms. The molecule has 136 valence electrons. The second-order valence-corrected chi connectivity index (χ2v) is 6.61. The van der Waals surface area contributed by atoms with Gasteiger partial charge in [-0.25, -0.2) is 4.68 Å². The number of hydrogen-bond donors (Lipinski definition) is 1. The van der Waals surface area contributed by atoms with E-state index in [-0.39, 0.29) is 5.91 Å². The average Bonchev–Trinajstić information content (AvgIpc) is 3.22. The van der Waals surface area contributed by atoms with E-state index < -0.39 is 5.91 Å². The summed E-state index contributed by atoms with van der Waals surface area (Å²) in [5.74, 6) is -0.431. The second-order valence-electron chi connectivity index (χ2n) is 6.61. The van der Waals surface area contributed by atoms with Crippen LogP contribution in [0.2, 0.25) is 0 Å². The highest BCUT2D eigenvalue weighted by Gasteiger charge is 2.25. The van der Waals surface area contributed by atoms with Crippen LogP contribution >= 0.6 is 0 Å². The molecule has 0 aliphatic carbocycles. The fourth-order valence-electron chi connectivity index (χ4n) is 3.57. The molecule has 0 radical (unpaired) electrons. The molecule has 2 heterocycles. The predicted octanol–water partition coefficient (Wildman–Crippen LogP) is 2.49. The van der Waals surface area contributed by atoms with Crippen molar-refractivity contribution in [1.29, 1.82) is 0 Å². The van der Waals surface area contributed by atoms with E-state index in [2.05, 4.69) is 5.10 Å². The molecule has 0 fully saturated rings. The molecule has 1 aliphatic heterocycles. The molecule has 3 aromatic rings. The maximum absolute atomic E-state index is 12.9. The van der Waals surface area contributed by atoms with Gasteiger partial charge in [-0.15, -0.1) is 0 Å². The Morgan fingerprint density at radius 1 is 1.07 bits per heavy atom. The highest BCUT2D eigenvalue weighted by atomic mass is 16.2. The monoisotopic (exact) mass is 360 g/mol. The summed E-state index contributed by atoms with van der Waals surface area (Å²) in [7, 11) is 0. The maximum Gasteiger partial charge on any atom is 0.249 e. The van der Waals surface area contributed by atoms with Gasteiger partial charge in [0.25, 0.3) is 0 Å². The van der Waals surface area contributed by atoms with Crippen LogP contribution in [0.25, 0.3) is 5.69 Å². The molecule has 0 atom stereocenters. The molecule has 1 aliphatic rings. The second kappa shape index (κ2) is 7.07. The molecular weight excluding hydrogens is 340 g/mol. The first-order chi connectivity index (χ1) is 13.1. The number of nitrogens with two attached hydrogens (primary N) is 1. The Morgan fingerprint density at radius 2 is 1.89 bits per heavy atom. The number of nitrogens with zero attached hydrogens (tertiary/aromatic N) is 3. The van der Waals surface area contributed by atoms with Gasteiger partial charge < -0.3 is 10.6 Å². The number of rotatable bonds is 4. The molecule has 0 saturated heterocycles. The molecule has 1 aromatic heterocycles. The van der Waals surface area contributed by atoms with E-state index in [9.17, 15) is 9.59 Å². The van der Waals surface area contributed by atoms with Crippen molar-refractivity contribution in [2.45, 2.75) is 19.3 Å². The molecule has 2 aromatic carbocycles. The lowest BCUT2D eigenvalue weighted by Crippen LogP contribution is -2.37. The highest BCUT2D eigenvalue weighted by molar-refractivity contribution is 6.00. The highest BCUT2D eigenvalue weighted by Crippen LogP contribution is 2.30. The smallest absolute Gasteiger partial charge is 0.249 e. The van der Waals surface area contributed by atoms with Gasteiger partial charge in [0.1, 0.15) is 0 Å². The molecule has 6 nitrogen and oxygen atoms in total. The van der Waals surface area contributed by atoms with Crippen LogP contribution in [-0.2, 0) is 17.6 Å². The van der Waals surface area contributed by atoms with E-state index in [1.165, 1.54) is 0 Å². The van der Waals surface area contributed by atoms with E-state index in [0.29, 0.717) is 18.5 Å². The Hall–Kier alpha value is -3.41. The van der Waals surface area contributed by atoms with E-state index in [1.807, 2.05) is 42.6 Å². The zero-order chi connectivity index (χ0) is 18.8. The number of fused-ring (bicyclic) bond motifs is 1. The SMILES string of the molecule is NC(=O)c1cccc2c1CCCN2C(=O)Cc1ccc(-n2cccn2)cc1. The van der Waals surface area contributed by atoms with Crippen LogP contribution in [0, 0.1) is 0 Å². The quantitative estimate of drug-likeness (QED) is 0.776. The first-order valence-electron chi connectivity index (χ1n) is 8.94. The van der Waals surface area contributed by atoms with Crippen molar-refractivity contribution in [3.05, 3.63) is 77.6 Å². The summed E-state index contributed by atoms with van der Waals surface area (Å²) in [5, 5.41) is 4.20. The molecule has 2 N–H and O–H groups in total. The molecule has 4 rings (SSSR count). The summed E-state index contributed by atoms with van der Waals surface area (Å²) in [6.45, 7) is 0.652. The Labute approximate surface area is 157 Å². The summed E-state index contributed by atoms with van der Waals surface area (Å²) in [6.07, 6.45) is 5.49. The third-order valence-electron chi connectivity index (χ3n) is 4.88. The Morgan fingerprint density at radius 3 is 2.59 bits per heavy atom. The van der Waals surface area contributed by atoms with Gasteiger partial charge in [0, 0.05) is 30.2 Å². The lowest BCUT2D eigenvalue weighted by atomic mass is 9.95. The number of aromatic nitrogens is 2. The van der Waals surface area contributed by atoms with Gasteiger partial charge in [-0.1, -0.05) is 18.2 Å². The number of anilines is 1. The summed E-state index contributed by atoms with van der Waals surface area (Å²) < 4.78 is 1.78. The van der Waals surface area contributed by atoms with E-state index >= 15 is 0 Å².